The number of hydrogen-bond acceptors (Lipinski definition) is 7. The molecule has 2 fully saturated rings. The smallest absolute Gasteiger partial charge is 0.239 e. The van der Waals surface area contributed by atoms with E-state index in [0.717, 1.165) is 49.4 Å². The largest absolute Gasteiger partial charge is 0.354 e. The topological polar surface area (TPSA) is 102 Å². The van der Waals surface area contributed by atoms with E-state index < -0.39 is 0 Å². The average molecular weight is 542 g/mol. The maximum atomic E-state index is 14.0. The summed E-state index contributed by atoms with van der Waals surface area (Å²) in [5, 5.41) is 10.1. The molecule has 2 unspecified atom stereocenters. The van der Waals surface area contributed by atoms with Gasteiger partial charge < -0.3 is 25.8 Å². The second-order valence-electron chi connectivity index (χ2n) is 10.6. The Morgan fingerprint density at radius 2 is 1.92 bits per heavy atom. The highest BCUT2D eigenvalue weighted by molar-refractivity contribution is 6.30. The van der Waals surface area contributed by atoms with Gasteiger partial charge in [-0.1, -0.05) is 44.5 Å². The van der Waals surface area contributed by atoms with Gasteiger partial charge in [-0.3, -0.25) is 9.59 Å². The number of carbonyl (C=O) groups excluding carboxylic acids is 2. The summed E-state index contributed by atoms with van der Waals surface area (Å²) < 4.78 is 0. The van der Waals surface area contributed by atoms with Gasteiger partial charge in [-0.15, -0.1) is 0 Å². The fraction of sp³-hybridized carbons (Fsp3) is 0.571. The van der Waals surface area contributed by atoms with Gasteiger partial charge in [0.25, 0.3) is 0 Å². The van der Waals surface area contributed by atoms with Crippen LogP contribution in [0.25, 0.3) is 0 Å². The second-order valence-corrected chi connectivity index (χ2v) is 11.1. The van der Waals surface area contributed by atoms with Gasteiger partial charge in [0.05, 0.1) is 12.5 Å². The molecule has 3 atom stereocenters. The van der Waals surface area contributed by atoms with Crippen molar-refractivity contribution in [2.75, 3.05) is 49.5 Å². The number of nitrogens with zero attached hydrogens (tertiary/aromatic N) is 4. The quantitative estimate of drug-likeness (QED) is 0.424. The van der Waals surface area contributed by atoms with Gasteiger partial charge in [-0.25, -0.2) is 9.97 Å². The molecule has 38 heavy (non-hydrogen) atoms. The van der Waals surface area contributed by atoms with Crippen LogP contribution in [0.4, 0.5) is 11.6 Å². The maximum Gasteiger partial charge on any atom is 0.239 e. The normalized spacial score (nSPS) is 19.9. The Hall–Kier alpha value is -2.75. The monoisotopic (exact) mass is 541 g/mol. The number of likely N-dealkylation sites (tertiary alicyclic amines) is 1. The van der Waals surface area contributed by atoms with Crippen molar-refractivity contribution in [2.24, 2.45) is 5.92 Å². The van der Waals surface area contributed by atoms with E-state index in [0.29, 0.717) is 29.8 Å². The van der Waals surface area contributed by atoms with E-state index in [-0.39, 0.29) is 36.4 Å². The molecule has 3 heterocycles. The van der Waals surface area contributed by atoms with Crippen molar-refractivity contribution in [1.82, 2.24) is 25.5 Å². The minimum atomic E-state index is -0.275. The van der Waals surface area contributed by atoms with Gasteiger partial charge in [-0.2, -0.15) is 0 Å². The number of fused-ring (bicyclic) bond motifs is 2. The number of anilines is 2. The molecule has 2 aliphatic rings. The zero-order valence-electron chi connectivity index (χ0n) is 22.8. The number of aromatic nitrogens is 2. The van der Waals surface area contributed by atoms with Crippen LogP contribution in [0.3, 0.4) is 0 Å². The van der Waals surface area contributed by atoms with Gasteiger partial charge in [-0.05, 0) is 49.9 Å². The highest BCUT2D eigenvalue weighted by Gasteiger charge is 2.41. The van der Waals surface area contributed by atoms with Crippen molar-refractivity contribution in [3.8, 4) is 0 Å². The standard InChI is InChI=1S/C28H40ClN7O2/c1-5-30-14-25(37)34-26-19(4)27(33-17-32-26)35-11-10-20-12-23(16-35)36(15-20)28(38)24(13-31-18(2)3)21-6-8-22(29)9-7-21/h6-9,17-18,20,23-24,30-31H,5,10-16H2,1-4H3,(H,32,33,34,37)/t20?,23?,24-/m1/s1. The molecular weight excluding hydrogens is 502 g/mol. The molecule has 2 aromatic rings. The number of hydrogen-bond donors (Lipinski definition) is 3. The van der Waals surface area contributed by atoms with E-state index >= 15 is 0 Å². The first kappa shape index (κ1) is 28.3. The molecular formula is C28H40ClN7O2. The van der Waals surface area contributed by atoms with Crippen LogP contribution in [0, 0.1) is 12.8 Å². The molecule has 9 nitrogen and oxygen atoms in total. The Morgan fingerprint density at radius 1 is 1.16 bits per heavy atom. The molecule has 0 aliphatic carbocycles. The van der Waals surface area contributed by atoms with Crippen molar-refractivity contribution in [2.45, 2.75) is 58.5 Å². The first-order valence-corrected chi connectivity index (χ1v) is 14.0. The zero-order valence-corrected chi connectivity index (χ0v) is 23.6. The van der Waals surface area contributed by atoms with E-state index in [4.69, 9.17) is 11.6 Å². The van der Waals surface area contributed by atoms with Crippen LogP contribution in [-0.4, -0.2) is 78.0 Å². The molecule has 4 rings (SSSR count). The van der Waals surface area contributed by atoms with E-state index in [9.17, 15) is 9.59 Å². The highest BCUT2D eigenvalue weighted by atomic mass is 35.5. The third kappa shape index (κ3) is 6.81. The fourth-order valence-electron chi connectivity index (χ4n) is 5.44. The van der Waals surface area contributed by atoms with E-state index in [1.165, 1.54) is 6.33 Å². The van der Waals surface area contributed by atoms with Crippen molar-refractivity contribution in [3.05, 3.63) is 46.7 Å². The lowest BCUT2D eigenvalue weighted by Gasteiger charge is -2.35. The van der Waals surface area contributed by atoms with Crippen molar-refractivity contribution >= 4 is 35.1 Å². The van der Waals surface area contributed by atoms with Crippen molar-refractivity contribution < 1.29 is 9.59 Å². The number of halogens is 1. The molecule has 0 radical (unpaired) electrons. The summed E-state index contributed by atoms with van der Waals surface area (Å²) in [6.45, 7) is 12.0. The first-order valence-electron chi connectivity index (χ1n) is 13.6. The highest BCUT2D eigenvalue weighted by Crippen LogP contribution is 2.35. The van der Waals surface area contributed by atoms with Crippen LogP contribution >= 0.6 is 11.6 Å². The SMILES string of the molecule is CCNCC(=O)Nc1ncnc(N2CCC3CC(C2)N(C(=O)[C@H](CNC(C)C)c2ccc(Cl)cc2)C3)c1C. The summed E-state index contributed by atoms with van der Waals surface area (Å²) >= 11 is 6.14. The summed E-state index contributed by atoms with van der Waals surface area (Å²) in [4.78, 5) is 39.6. The Balaban J connectivity index is 1.52. The molecule has 10 heteroatoms. The van der Waals surface area contributed by atoms with E-state index in [1.807, 2.05) is 38.1 Å². The second kappa shape index (κ2) is 12.9. The van der Waals surface area contributed by atoms with Crippen molar-refractivity contribution in [1.29, 1.82) is 0 Å². The summed E-state index contributed by atoms with van der Waals surface area (Å²) in [6, 6.07) is 8.02. The zero-order chi connectivity index (χ0) is 27.2. The third-order valence-electron chi connectivity index (χ3n) is 7.47. The Labute approximate surface area is 230 Å². The molecule has 1 aromatic carbocycles. The summed E-state index contributed by atoms with van der Waals surface area (Å²) in [5.74, 6) is 1.56. The van der Waals surface area contributed by atoms with Gasteiger partial charge in [0.1, 0.15) is 18.0 Å². The number of amides is 2. The predicted molar refractivity (Wildman–Crippen MR) is 152 cm³/mol. The summed E-state index contributed by atoms with van der Waals surface area (Å²) in [6.07, 6.45) is 3.48. The first-order chi connectivity index (χ1) is 18.3. The van der Waals surface area contributed by atoms with Crippen LogP contribution in [-0.2, 0) is 9.59 Å². The minimum absolute atomic E-state index is 0.102. The lowest BCUT2D eigenvalue weighted by atomic mass is 9.96. The van der Waals surface area contributed by atoms with E-state index in [2.05, 4.69) is 49.6 Å². The molecule has 0 saturated carbocycles. The van der Waals surface area contributed by atoms with Gasteiger partial charge >= 0.3 is 0 Å². The maximum absolute atomic E-state index is 14.0. The Kier molecular flexibility index (Phi) is 9.57. The Bertz CT molecular complexity index is 1110. The van der Waals surface area contributed by atoms with E-state index in [1.54, 1.807) is 0 Å². The minimum Gasteiger partial charge on any atom is -0.354 e. The van der Waals surface area contributed by atoms with Crippen LogP contribution in [0.1, 0.15) is 50.7 Å². The molecule has 2 amide bonds. The molecule has 2 aliphatic heterocycles. The number of benzene rings is 1. The van der Waals surface area contributed by atoms with Gasteiger partial charge in [0, 0.05) is 48.8 Å². The lowest BCUT2D eigenvalue weighted by Crippen LogP contribution is -2.48. The predicted octanol–water partition coefficient (Wildman–Crippen LogP) is 3.20. The van der Waals surface area contributed by atoms with Crippen molar-refractivity contribution in [3.63, 3.8) is 0 Å². The number of nitrogens with one attached hydrogen (secondary N) is 3. The van der Waals surface area contributed by atoms with Crippen LogP contribution < -0.4 is 20.9 Å². The van der Waals surface area contributed by atoms with Crippen LogP contribution in [0.15, 0.2) is 30.6 Å². The fourth-order valence-corrected chi connectivity index (χ4v) is 5.57. The molecule has 2 saturated heterocycles. The summed E-state index contributed by atoms with van der Waals surface area (Å²) in [5.41, 5.74) is 1.82. The average Bonchev–Trinajstić information content (AvgIpc) is 3.17. The molecule has 2 bridgehead atoms. The third-order valence-corrected chi connectivity index (χ3v) is 7.73. The summed E-state index contributed by atoms with van der Waals surface area (Å²) in [7, 11) is 0. The van der Waals surface area contributed by atoms with Crippen LogP contribution in [0.2, 0.25) is 5.02 Å². The number of likely N-dealkylation sites (N-methyl/N-ethyl adjacent to an activating group) is 1. The lowest BCUT2D eigenvalue weighted by molar-refractivity contribution is -0.133. The molecule has 0 spiro atoms. The number of carbonyl (C=O) groups is 2. The van der Waals surface area contributed by atoms with Crippen LogP contribution in [0.5, 0.6) is 0 Å². The van der Waals surface area contributed by atoms with Gasteiger partial charge in [0.2, 0.25) is 11.8 Å². The Morgan fingerprint density at radius 3 is 2.63 bits per heavy atom. The number of rotatable bonds is 10. The molecule has 206 valence electrons. The molecule has 3 N–H and O–H groups in total. The van der Waals surface area contributed by atoms with Gasteiger partial charge in [0.15, 0.2) is 0 Å². The molecule has 1 aromatic heterocycles.